The lowest BCUT2D eigenvalue weighted by Gasteiger charge is -2.19. The van der Waals surface area contributed by atoms with Crippen molar-refractivity contribution in [3.63, 3.8) is 0 Å². The van der Waals surface area contributed by atoms with Crippen molar-refractivity contribution < 1.29 is 9.53 Å². The Kier molecular flexibility index (Phi) is 5.12. The highest BCUT2D eigenvalue weighted by molar-refractivity contribution is 5.67. The van der Waals surface area contributed by atoms with E-state index in [-0.39, 0.29) is 0 Å². The fraction of sp³-hybridized carbons (Fsp3) is 0.462. The monoisotopic (exact) mass is 262 g/mol. The molecule has 0 spiro atoms. The summed E-state index contributed by atoms with van der Waals surface area (Å²) in [5, 5.41) is 2.61. The number of aromatic nitrogens is 2. The molecule has 0 fully saturated rings. The van der Waals surface area contributed by atoms with E-state index in [1.807, 2.05) is 20.8 Å². The van der Waals surface area contributed by atoms with Gasteiger partial charge in [-0.3, -0.25) is 0 Å². The number of alkyl carbamates (subject to hydrolysis) is 1. The molecule has 0 bridgehead atoms. The van der Waals surface area contributed by atoms with Crippen LogP contribution in [0.2, 0.25) is 0 Å². The number of hydrogen-bond acceptors (Lipinski definition) is 5. The SMILES string of the molecule is CC(C)(C)OC(=O)NCCC#Cc1cnc(N)cn1. The van der Waals surface area contributed by atoms with E-state index in [1.165, 1.54) is 12.4 Å². The van der Waals surface area contributed by atoms with Gasteiger partial charge >= 0.3 is 6.09 Å². The fourth-order valence-electron chi connectivity index (χ4n) is 1.10. The second kappa shape index (κ2) is 6.59. The molecule has 0 aromatic carbocycles. The van der Waals surface area contributed by atoms with Crippen molar-refractivity contribution in [1.29, 1.82) is 0 Å². The lowest BCUT2D eigenvalue weighted by atomic mass is 10.2. The molecular formula is C13H18N4O2. The average molecular weight is 262 g/mol. The molecule has 0 aliphatic carbocycles. The zero-order chi connectivity index (χ0) is 14.3. The Hall–Kier alpha value is -2.29. The van der Waals surface area contributed by atoms with E-state index in [9.17, 15) is 4.79 Å². The van der Waals surface area contributed by atoms with Gasteiger partial charge in [0.2, 0.25) is 0 Å². The second-order valence-corrected chi connectivity index (χ2v) is 4.81. The van der Waals surface area contributed by atoms with E-state index in [4.69, 9.17) is 10.5 Å². The number of nitrogen functional groups attached to an aromatic ring is 1. The van der Waals surface area contributed by atoms with Crippen molar-refractivity contribution >= 4 is 11.9 Å². The highest BCUT2D eigenvalue weighted by atomic mass is 16.6. The molecule has 0 saturated heterocycles. The maximum atomic E-state index is 11.3. The zero-order valence-electron chi connectivity index (χ0n) is 11.4. The molecule has 3 N–H and O–H groups in total. The van der Waals surface area contributed by atoms with Gasteiger partial charge < -0.3 is 15.8 Å². The van der Waals surface area contributed by atoms with Gasteiger partial charge in [-0.05, 0) is 26.7 Å². The number of carbonyl (C=O) groups is 1. The minimum atomic E-state index is -0.491. The molecule has 0 saturated carbocycles. The highest BCUT2D eigenvalue weighted by Crippen LogP contribution is 2.06. The number of hydrogen-bond donors (Lipinski definition) is 2. The molecule has 6 heteroatoms. The number of nitrogens with one attached hydrogen (secondary N) is 1. The number of anilines is 1. The standard InChI is InChI=1S/C13H18N4O2/c1-13(2,3)19-12(18)15-7-5-4-6-10-8-17-11(14)9-16-10/h8-9H,5,7H2,1-3H3,(H2,14,17)(H,15,18). The minimum Gasteiger partial charge on any atom is -0.444 e. The van der Waals surface area contributed by atoms with Crippen molar-refractivity contribution in [3.8, 4) is 11.8 Å². The molecule has 0 aliphatic heterocycles. The van der Waals surface area contributed by atoms with Crippen LogP contribution in [0, 0.1) is 11.8 Å². The van der Waals surface area contributed by atoms with Gasteiger partial charge in [0, 0.05) is 13.0 Å². The molecule has 1 aromatic heterocycles. The van der Waals surface area contributed by atoms with Crippen LogP contribution in [0.4, 0.5) is 10.6 Å². The quantitative estimate of drug-likeness (QED) is 0.619. The first-order valence-electron chi connectivity index (χ1n) is 5.90. The second-order valence-electron chi connectivity index (χ2n) is 4.81. The third-order valence-electron chi connectivity index (χ3n) is 1.81. The maximum Gasteiger partial charge on any atom is 0.407 e. The Morgan fingerprint density at radius 3 is 2.74 bits per heavy atom. The van der Waals surface area contributed by atoms with Crippen LogP contribution in [0.5, 0.6) is 0 Å². The smallest absolute Gasteiger partial charge is 0.407 e. The molecule has 102 valence electrons. The molecule has 1 aromatic rings. The van der Waals surface area contributed by atoms with Crippen molar-refractivity contribution in [2.75, 3.05) is 12.3 Å². The number of carbonyl (C=O) groups excluding carboxylic acids is 1. The first-order valence-corrected chi connectivity index (χ1v) is 5.90. The number of amides is 1. The summed E-state index contributed by atoms with van der Waals surface area (Å²) in [5.74, 6) is 6.06. The van der Waals surface area contributed by atoms with E-state index in [0.717, 1.165) is 0 Å². The summed E-state index contributed by atoms with van der Waals surface area (Å²) in [4.78, 5) is 19.2. The molecule has 1 amide bonds. The largest absolute Gasteiger partial charge is 0.444 e. The number of nitrogens with two attached hydrogens (primary N) is 1. The van der Waals surface area contributed by atoms with Crippen LogP contribution in [0.25, 0.3) is 0 Å². The minimum absolute atomic E-state index is 0.358. The molecule has 0 unspecified atom stereocenters. The van der Waals surface area contributed by atoms with Gasteiger partial charge in [0.15, 0.2) is 0 Å². The van der Waals surface area contributed by atoms with Crippen LogP contribution in [-0.2, 0) is 4.74 Å². The zero-order valence-corrected chi connectivity index (χ0v) is 11.4. The Morgan fingerprint density at radius 1 is 1.42 bits per heavy atom. The Bertz CT molecular complexity index is 480. The van der Waals surface area contributed by atoms with Gasteiger partial charge in [-0.1, -0.05) is 5.92 Å². The van der Waals surface area contributed by atoms with Crippen LogP contribution in [0.3, 0.4) is 0 Å². The molecule has 6 nitrogen and oxygen atoms in total. The van der Waals surface area contributed by atoms with Crippen molar-refractivity contribution in [2.24, 2.45) is 0 Å². The van der Waals surface area contributed by atoms with Gasteiger partial charge in [-0.25, -0.2) is 14.8 Å². The summed E-state index contributed by atoms with van der Waals surface area (Å²) in [7, 11) is 0. The molecule has 0 radical (unpaired) electrons. The third-order valence-corrected chi connectivity index (χ3v) is 1.81. The maximum absolute atomic E-state index is 11.3. The third kappa shape index (κ3) is 6.88. The lowest BCUT2D eigenvalue weighted by Crippen LogP contribution is -2.32. The topological polar surface area (TPSA) is 90.1 Å². The Labute approximate surface area is 112 Å². The normalized spacial score (nSPS) is 10.3. The highest BCUT2D eigenvalue weighted by Gasteiger charge is 2.15. The van der Waals surface area contributed by atoms with Gasteiger partial charge in [-0.15, -0.1) is 0 Å². The summed E-state index contributed by atoms with van der Waals surface area (Å²) in [6.45, 7) is 5.86. The first kappa shape index (κ1) is 14.8. The van der Waals surface area contributed by atoms with Gasteiger partial charge in [-0.2, -0.15) is 0 Å². The number of ether oxygens (including phenoxy) is 1. The Balaban J connectivity index is 2.28. The van der Waals surface area contributed by atoms with Crippen LogP contribution >= 0.6 is 0 Å². The summed E-state index contributed by atoms with van der Waals surface area (Å²) in [5.41, 5.74) is 5.46. The van der Waals surface area contributed by atoms with Crippen molar-refractivity contribution in [1.82, 2.24) is 15.3 Å². The lowest BCUT2D eigenvalue weighted by molar-refractivity contribution is 0.0529. The summed E-state index contributed by atoms with van der Waals surface area (Å²) >= 11 is 0. The predicted molar refractivity (Wildman–Crippen MR) is 72.2 cm³/mol. The first-order chi connectivity index (χ1) is 8.87. The predicted octanol–water partition coefficient (Wildman–Crippen LogP) is 1.33. The van der Waals surface area contributed by atoms with Gasteiger partial charge in [0.1, 0.15) is 17.1 Å². The number of nitrogens with zero attached hydrogens (tertiary/aromatic N) is 2. The van der Waals surface area contributed by atoms with E-state index in [2.05, 4.69) is 27.1 Å². The van der Waals surface area contributed by atoms with Gasteiger partial charge in [0.25, 0.3) is 0 Å². The molecule has 1 heterocycles. The molecule has 0 aliphatic rings. The molecular weight excluding hydrogens is 244 g/mol. The van der Waals surface area contributed by atoms with Crippen molar-refractivity contribution in [2.45, 2.75) is 32.8 Å². The Morgan fingerprint density at radius 2 is 2.16 bits per heavy atom. The van der Waals surface area contributed by atoms with E-state index in [0.29, 0.717) is 24.5 Å². The fourth-order valence-corrected chi connectivity index (χ4v) is 1.10. The number of rotatable bonds is 2. The van der Waals surface area contributed by atoms with Gasteiger partial charge in [0.05, 0.1) is 12.4 Å². The summed E-state index contributed by atoms with van der Waals surface area (Å²) < 4.78 is 5.08. The van der Waals surface area contributed by atoms with Crippen LogP contribution in [0.1, 0.15) is 32.9 Å². The van der Waals surface area contributed by atoms with Crippen molar-refractivity contribution in [3.05, 3.63) is 18.1 Å². The van der Waals surface area contributed by atoms with Crippen LogP contribution < -0.4 is 11.1 Å². The molecule has 0 atom stereocenters. The molecule has 19 heavy (non-hydrogen) atoms. The summed E-state index contributed by atoms with van der Waals surface area (Å²) in [6.07, 6.45) is 3.01. The van der Waals surface area contributed by atoms with E-state index >= 15 is 0 Å². The van der Waals surface area contributed by atoms with E-state index in [1.54, 1.807) is 0 Å². The average Bonchev–Trinajstić information content (AvgIpc) is 2.29. The van der Waals surface area contributed by atoms with Crippen LogP contribution in [0.15, 0.2) is 12.4 Å². The van der Waals surface area contributed by atoms with E-state index < -0.39 is 11.7 Å². The molecule has 1 rings (SSSR count). The summed E-state index contributed by atoms with van der Waals surface area (Å²) in [6, 6.07) is 0. The van der Waals surface area contributed by atoms with Crippen LogP contribution in [-0.4, -0.2) is 28.2 Å².